The Hall–Kier alpha value is -1.58. The van der Waals surface area contributed by atoms with E-state index >= 15 is 0 Å². The average Bonchev–Trinajstić information content (AvgIpc) is 2.67. The summed E-state index contributed by atoms with van der Waals surface area (Å²) in [5, 5.41) is 0. The number of nitrogens with zero attached hydrogens (tertiary/aromatic N) is 1. The summed E-state index contributed by atoms with van der Waals surface area (Å²) in [6.45, 7) is 0.813. The number of aromatic amines is 1. The third kappa shape index (κ3) is 1.55. The number of carbonyl (C=O) groups is 1. The van der Waals surface area contributed by atoms with Gasteiger partial charge in [-0.1, -0.05) is 6.07 Å². The molecule has 1 N–H and O–H groups in total. The van der Waals surface area contributed by atoms with Gasteiger partial charge in [-0.05, 0) is 18.4 Å². The van der Waals surface area contributed by atoms with Crippen LogP contribution < -0.4 is 5.56 Å². The Kier molecular flexibility index (Phi) is 2.35. The van der Waals surface area contributed by atoms with E-state index in [1.165, 1.54) is 6.07 Å². The highest BCUT2D eigenvalue weighted by Crippen LogP contribution is 2.29. The van der Waals surface area contributed by atoms with Crippen molar-refractivity contribution < 1.29 is 4.79 Å². The Bertz CT molecular complexity index is 365. The van der Waals surface area contributed by atoms with Crippen molar-refractivity contribution in [2.45, 2.75) is 18.9 Å². The number of hydrogen-bond acceptors (Lipinski definition) is 2. The Morgan fingerprint density at radius 3 is 3.00 bits per heavy atom. The molecule has 0 aliphatic carbocycles. The predicted molar refractivity (Wildman–Crippen MR) is 51.8 cm³/mol. The van der Waals surface area contributed by atoms with Crippen LogP contribution in [0.25, 0.3) is 0 Å². The summed E-state index contributed by atoms with van der Waals surface area (Å²) in [4.78, 5) is 26.0. The molecule has 1 amide bonds. The fraction of sp³-hybridized carbons (Fsp3) is 0.400. The fourth-order valence-corrected chi connectivity index (χ4v) is 1.90. The summed E-state index contributed by atoms with van der Waals surface area (Å²) in [7, 11) is 0. The molecule has 14 heavy (non-hydrogen) atoms. The Morgan fingerprint density at radius 2 is 2.36 bits per heavy atom. The third-order valence-electron chi connectivity index (χ3n) is 2.62. The molecule has 74 valence electrons. The first-order valence-corrected chi connectivity index (χ1v) is 4.71. The predicted octanol–water partition coefficient (Wildman–Crippen LogP) is 0.668. The molecule has 1 aromatic rings. The van der Waals surface area contributed by atoms with Crippen LogP contribution in [0.5, 0.6) is 0 Å². The molecule has 1 aliphatic heterocycles. The van der Waals surface area contributed by atoms with E-state index in [0.29, 0.717) is 0 Å². The second-order valence-corrected chi connectivity index (χ2v) is 3.49. The Balaban J connectivity index is 2.25. The minimum atomic E-state index is -0.107. The summed E-state index contributed by atoms with van der Waals surface area (Å²) >= 11 is 0. The van der Waals surface area contributed by atoms with Gasteiger partial charge >= 0.3 is 0 Å². The van der Waals surface area contributed by atoms with Gasteiger partial charge < -0.3 is 9.88 Å². The molecule has 1 aromatic heterocycles. The number of H-pyrrole nitrogens is 1. The highest BCUT2D eigenvalue weighted by molar-refractivity contribution is 5.49. The van der Waals surface area contributed by atoms with Crippen LogP contribution in [0.3, 0.4) is 0 Å². The topological polar surface area (TPSA) is 53.2 Å². The summed E-state index contributed by atoms with van der Waals surface area (Å²) in [5.74, 6) is 0. The van der Waals surface area contributed by atoms with Gasteiger partial charge in [0.15, 0.2) is 0 Å². The molecule has 0 aromatic carbocycles. The van der Waals surface area contributed by atoms with Crippen molar-refractivity contribution in [2.75, 3.05) is 6.54 Å². The number of likely N-dealkylation sites (tertiary alicyclic amines) is 1. The van der Waals surface area contributed by atoms with Gasteiger partial charge in [0.05, 0.1) is 6.04 Å². The highest BCUT2D eigenvalue weighted by Gasteiger charge is 2.24. The molecule has 0 spiro atoms. The molecule has 2 rings (SSSR count). The van der Waals surface area contributed by atoms with E-state index in [1.54, 1.807) is 17.2 Å². The summed E-state index contributed by atoms with van der Waals surface area (Å²) in [5.41, 5.74) is 0.901. The van der Waals surface area contributed by atoms with Crippen LogP contribution in [0.15, 0.2) is 23.1 Å². The molecule has 4 heteroatoms. The van der Waals surface area contributed by atoms with Crippen LogP contribution in [-0.2, 0) is 4.79 Å². The molecule has 0 saturated carbocycles. The molecule has 1 saturated heterocycles. The average molecular weight is 192 g/mol. The third-order valence-corrected chi connectivity index (χ3v) is 2.62. The quantitative estimate of drug-likeness (QED) is 0.700. The van der Waals surface area contributed by atoms with E-state index in [-0.39, 0.29) is 11.6 Å². The van der Waals surface area contributed by atoms with Crippen molar-refractivity contribution in [2.24, 2.45) is 0 Å². The van der Waals surface area contributed by atoms with E-state index < -0.39 is 0 Å². The van der Waals surface area contributed by atoms with Gasteiger partial charge in [-0.3, -0.25) is 9.59 Å². The van der Waals surface area contributed by atoms with E-state index in [1.807, 2.05) is 0 Å². The molecule has 4 nitrogen and oxygen atoms in total. The molecule has 1 aliphatic rings. The number of rotatable bonds is 2. The van der Waals surface area contributed by atoms with Crippen molar-refractivity contribution in [1.29, 1.82) is 0 Å². The first-order chi connectivity index (χ1) is 6.81. The summed E-state index contributed by atoms with van der Waals surface area (Å²) in [6, 6.07) is 3.42. The van der Waals surface area contributed by atoms with Gasteiger partial charge in [0.25, 0.3) is 0 Å². The van der Waals surface area contributed by atoms with Gasteiger partial charge in [-0.25, -0.2) is 0 Å². The normalized spacial score (nSPS) is 21.1. The van der Waals surface area contributed by atoms with E-state index in [0.717, 1.165) is 31.4 Å². The summed E-state index contributed by atoms with van der Waals surface area (Å²) in [6.07, 6.45) is 4.57. The molecule has 1 fully saturated rings. The number of hydrogen-bond donors (Lipinski definition) is 1. The van der Waals surface area contributed by atoms with E-state index in [9.17, 15) is 9.59 Å². The standard InChI is InChI=1S/C10H12N2O2/c13-7-12-5-1-2-9(12)8-3-4-10(14)11-6-8/h3-4,6-7,9H,1-2,5H2,(H,11,14). The maximum Gasteiger partial charge on any atom is 0.247 e. The largest absolute Gasteiger partial charge is 0.338 e. The van der Waals surface area contributed by atoms with Crippen LogP contribution in [0.2, 0.25) is 0 Å². The highest BCUT2D eigenvalue weighted by atomic mass is 16.1. The minimum Gasteiger partial charge on any atom is -0.338 e. The van der Waals surface area contributed by atoms with Gasteiger partial charge in [-0.15, -0.1) is 0 Å². The molecule has 1 atom stereocenters. The molecule has 0 bridgehead atoms. The van der Waals surface area contributed by atoms with Crippen molar-refractivity contribution in [3.63, 3.8) is 0 Å². The SMILES string of the molecule is O=CN1CCCC1c1ccc(=O)[nH]c1. The summed E-state index contributed by atoms with van der Waals surface area (Å²) < 4.78 is 0. The van der Waals surface area contributed by atoms with E-state index in [2.05, 4.69) is 4.98 Å². The maximum atomic E-state index is 10.8. The molecule has 0 radical (unpaired) electrons. The first kappa shape index (κ1) is 8.99. The first-order valence-electron chi connectivity index (χ1n) is 4.71. The zero-order chi connectivity index (χ0) is 9.97. The lowest BCUT2D eigenvalue weighted by atomic mass is 10.1. The zero-order valence-electron chi connectivity index (χ0n) is 7.77. The van der Waals surface area contributed by atoms with Crippen LogP contribution in [0, 0.1) is 0 Å². The van der Waals surface area contributed by atoms with Crippen LogP contribution in [-0.4, -0.2) is 22.8 Å². The lowest BCUT2D eigenvalue weighted by Gasteiger charge is -2.19. The van der Waals surface area contributed by atoms with Crippen LogP contribution >= 0.6 is 0 Å². The minimum absolute atomic E-state index is 0.107. The maximum absolute atomic E-state index is 10.8. The number of carbonyl (C=O) groups excluding carboxylic acids is 1. The molecular formula is C10H12N2O2. The van der Waals surface area contributed by atoms with Crippen molar-refractivity contribution in [1.82, 2.24) is 9.88 Å². The van der Waals surface area contributed by atoms with Crippen LogP contribution in [0.4, 0.5) is 0 Å². The fourth-order valence-electron chi connectivity index (χ4n) is 1.90. The monoisotopic (exact) mass is 192 g/mol. The number of aromatic nitrogens is 1. The number of pyridine rings is 1. The Morgan fingerprint density at radius 1 is 1.50 bits per heavy atom. The smallest absolute Gasteiger partial charge is 0.247 e. The second-order valence-electron chi connectivity index (χ2n) is 3.49. The van der Waals surface area contributed by atoms with Gasteiger partial charge in [0, 0.05) is 18.8 Å². The zero-order valence-corrected chi connectivity index (χ0v) is 7.77. The molecular weight excluding hydrogens is 180 g/mol. The van der Waals surface area contributed by atoms with Gasteiger partial charge in [0.1, 0.15) is 0 Å². The van der Waals surface area contributed by atoms with E-state index in [4.69, 9.17) is 0 Å². The lowest BCUT2D eigenvalue weighted by Crippen LogP contribution is -2.21. The number of amides is 1. The van der Waals surface area contributed by atoms with Crippen molar-refractivity contribution in [3.8, 4) is 0 Å². The molecule has 1 unspecified atom stereocenters. The van der Waals surface area contributed by atoms with Crippen LogP contribution in [0.1, 0.15) is 24.4 Å². The number of nitrogens with one attached hydrogen (secondary N) is 1. The van der Waals surface area contributed by atoms with Crippen molar-refractivity contribution >= 4 is 6.41 Å². The second kappa shape index (κ2) is 3.65. The molecule has 2 heterocycles. The van der Waals surface area contributed by atoms with Crippen molar-refractivity contribution in [3.05, 3.63) is 34.2 Å². The van der Waals surface area contributed by atoms with Gasteiger partial charge in [0.2, 0.25) is 12.0 Å². The Labute approximate surface area is 81.6 Å². The van der Waals surface area contributed by atoms with Gasteiger partial charge in [-0.2, -0.15) is 0 Å². The lowest BCUT2D eigenvalue weighted by molar-refractivity contribution is -0.118.